The zero-order valence-electron chi connectivity index (χ0n) is 13.1. The van der Waals surface area contributed by atoms with Gasteiger partial charge >= 0.3 is 0 Å². The van der Waals surface area contributed by atoms with Gasteiger partial charge in [0.05, 0.1) is 6.20 Å². The molecule has 0 aliphatic heterocycles. The molecule has 0 saturated carbocycles. The molecule has 1 heterocycles. The highest BCUT2D eigenvalue weighted by molar-refractivity contribution is 5.20. The molecule has 1 rings (SSSR count). The van der Waals surface area contributed by atoms with Crippen molar-refractivity contribution in [1.29, 1.82) is 0 Å². The minimum Gasteiger partial charge on any atom is -0.503 e. The van der Waals surface area contributed by atoms with Crippen molar-refractivity contribution in [3.8, 4) is 5.75 Å². The summed E-state index contributed by atoms with van der Waals surface area (Å²) >= 11 is 0. The third kappa shape index (κ3) is 5.87. The Bertz CT molecular complexity index is 527. The van der Waals surface area contributed by atoms with Crippen molar-refractivity contribution in [2.75, 3.05) is 19.7 Å². The number of aromatic hydroxyl groups is 1. The maximum absolute atomic E-state index is 11.7. The fraction of sp³-hybridized carbons (Fsp3) is 0.471. The Morgan fingerprint density at radius 3 is 2.45 bits per heavy atom. The molecule has 0 fully saturated rings. The van der Waals surface area contributed by atoms with Gasteiger partial charge in [-0.05, 0) is 19.3 Å². The normalized spacial score (nSPS) is 10.8. The van der Waals surface area contributed by atoms with Gasteiger partial charge in [0.25, 0.3) is 0 Å². The van der Waals surface area contributed by atoms with Gasteiger partial charge in [-0.3, -0.25) is 9.69 Å². The molecule has 122 valence electrons. The standard InChI is InChI=1S/C17H26N2O3/c1-3-8-18(9-4-2)13-15-12-16(21)17(22)14-19(15)10-6-5-7-11-20/h3-4,12,14,20,22H,1-2,5-11,13H2. The zero-order chi connectivity index (χ0) is 16.4. The van der Waals surface area contributed by atoms with Crippen LogP contribution in [0.2, 0.25) is 0 Å². The van der Waals surface area contributed by atoms with Crippen LogP contribution in [-0.4, -0.2) is 39.4 Å². The van der Waals surface area contributed by atoms with Crippen LogP contribution in [-0.2, 0) is 13.1 Å². The van der Waals surface area contributed by atoms with E-state index in [-0.39, 0.29) is 17.8 Å². The largest absolute Gasteiger partial charge is 0.503 e. The molecule has 0 aliphatic carbocycles. The first-order valence-electron chi connectivity index (χ1n) is 7.59. The lowest BCUT2D eigenvalue weighted by Crippen LogP contribution is -2.26. The van der Waals surface area contributed by atoms with Crippen LogP contribution in [0.3, 0.4) is 0 Å². The molecule has 22 heavy (non-hydrogen) atoms. The predicted octanol–water partition coefficient (Wildman–Crippen LogP) is 1.89. The number of aryl methyl sites for hydroxylation is 1. The third-order valence-corrected chi connectivity index (χ3v) is 3.41. The van der Waals surface area contributed by atoms with Crippen molar-refractivity contribution in [1.82, 2.24) is 9.47 Å². The topological polar surface area (TPSA) is 65.7 Å². The molecule has 0 spiro atoms. The van der Waals surface area contributed by atoms with E-state index >= 15 is 0 Å². The molecule has 1 aromatic rings. The number of aliphatic hydroxyl groups is 1. The van der Waals surface area contributed by atoms with E-state index in [9.17, 15) is 9.90 Å². The molecule has 0 saturated heterocycles. The summed E-state index contributed by atoms with van der Waals surface area (Å²) in [6.45, 7) is 10.4. The Balaban J connectivity index is 2.89. The minimum atomic E-state index is -0.362. The van der Waals surface area contributed by atoms with Gasteiger partial charge in [0.1, 0.15) is 0 Å². The van der Waals surface area contributed by atoms with E-state index < -0.39 is 0 Å². The summed E-state index contributed by atoms with van der Waals surface area (Å²) in [5.74, 6) is -0.232. The van der Waals surface area contributed by atoms with Gasteiger partial charge in [-0.2, -0.15) is 0 Å². The van der Waals surface area contributed by atoms with Crippen LogP contribution >= 0.6 is 0 Å². The van der Waals surface area contributed by atoms with Crippen molar-refractivity contribution in [3.05, 3.63) is 53.5 Å². The van der Waals surface area contributed by atoms with Gasteiger partial charge in [0, 0.05) is 44.5 Å². The summed E-state index contributed by atoms with van der Waals surface area (Å²) in [4.78, 5) is 13.8. The Labute approximate surface area is 131 Å². The molecule has 0 unspecified atom stereocenters. The number of hydrogen-bond donors (Lipinski definition) is 2. The highest BCUT2D eigenvalue weighted by Crippen LogP contribution is 2.11. The Morgan fingerprint density at radius 1 is 1.18 bits per heavy atom. The first-order valence-corrected chi connectivity index (χ1v) is 7.59. The quantitative estimate of drug-likeness (QED) is 0.484. The summed E-state index contributed by atoms with van der Waals surface area (Å²) < 4.78 is 1.91. The molecule has 5 nitrogen and oxygen atoms in total. The van der Waals surface area contributed by atoms with Crippen molar-refractivity contribution >= 4 is 0 Å². The molecule has 0 aromatic carbocycles. The average molecular weight is 306 g/mol. The first-order chi connectivity index (χ1) is 10.6. The van der Waals surface area contributed by atoms with Gasteiger partial charge < -0.3 is 14.8 Å². The van der Waals surface area contributed by atoms with E-state index in [0.717, 1.165) is 25.0 Å². The molecule has 0 amide bonds. The van der Waals surface area contributed by atoms with Crippen LogP contribution in [0.15, 0.2) is 42.4 Å². The van der Waals surface area contributed by atoms with Crippen molar-refractivity contribution in [2.45, 2.75) is 32.4 Å². The lowest BCUT2D eigenvalue weighted by atomic mass is 10.2. The number of aliphatic hydroxyl groups excluding tert-OH is 1. The Hall–Kier alpha value is -1.85. The smallest absolute Gasteiger partial charge is 0.223 e. The predicted molar refractivity (Wildman–Crippen MR) is 89.0 cm³/mol. The maximum Gasteiger partial charge on any atom is 0.223 e. The lowest BCUT2D eigenvalue weighted by Gasteiger charge is -2.22. The Kier molecular flexibility index (Phi) is 8.25. The number of unbranched alkanes of at least 4 members (excludes halogenated alkanes) is 2. The van der Waals surface area contributed by atoms with Crippen LogP contribution in [0.1, 0.15) is 25.0 Å². The van der Waals surface area contributed by atoms with E-state index in [0.29, 0.717) is 26.2 Å². The van der Waals surface area contributed by atoms with E-state index in [1.54, 1.807) is 0 Å². The Morgan fingerprint density at radius 2 is 1.86 bits per heavy atom. The summed E-state index contributed by atoms with van der Waals surface area (Å²) in [5.41, 5.74) is 0.495. The van der Waals surface area contributed by atoms with Crippen LogP contribution in [0.25, 0.3) is 0 Å². The highest BCUT2D eigenvalue weighted by Gasteiger charge is 2.09. The van der Waals surface area contributed by atoms with Crippen LogP contribution < -0.4 is 5.43 Å². The molecule has 0 radical (unpaired) electrons. The van der Waals surface area contributed by atoms with E-state index in [2.05, 4.69) is 18.1 Å². The molecule has 1 aromatic heterocycles. The minimum absolute atomic E-state index is 0.189. The van der Waals surface area contributed by atoms with Crippen LogP contribution in [0.4, 0.5) is 0 Å². The fourth-order valence-electron chi connectivity index (χ4n) is 2.32. The zero-order valence-corrected chi connectivity index (χ0v) is 13.1. The maximum atomic E-state index is 11.7. The molecule has 0 bridgehead atoms. The second-order valence-corrected chi connectivity index (χ2v) is 5.26. The van der Waals surface area contributed by atoms with Crippen molar-refractivity contribution < 1.29 is 10.2 Å². The molecule has 2 N–H and O–H groups in total. The molecule has 5 heteroatoms. The second-order valence-electron chi connectivity index (χ2n) is 5.26. The van der Waals surface area contributed by atoms with Gasteiger partial charge in [-0.1, -0.05) is 12.2 Å². The first kappa shape index (κ1) is 18.2. The monoisotopic (exact) mass is 306 g/mol. The van der Waals surface area contributed by atoms with E-state index in [1.807, 2.05) is 16.7 Å². The van der Waals surface area contributed by atoms with Gasteiger partial charge in [0.2, 0.25) is 5.43 Å². The fourth-order valence-corrected chi connectivity index (χ4v) is 2.32. The number of rotatable bonds is 11. The molecular weight excluding hydrogens is 280 g/mol. The van der Waals surface area contributed by atoms with Gasteiger partial charge in [-0.25, -0.2) is 0 Å². The number of hydrogen-bond acceptors (Lipinski definition) is 4. The SMILES string of the molecule is C=CCN(CC=C)Cc1cc(=O)c(O)cn1CCCCCO. The van der Waals surface area contributed by atoms with Crippen molar-refractivity contribution in [2.24, 2.45) is 0 Å². The molecule has 0 aliphatic rings. The van der Waals surface area contributed by atoms with Crippen LogP contribution in [0, 0.1) is 0 Å². The lowest BCUT2D eigenvalue weighted by molar-refractivity contribution is 0.280. The number of aromatic nitrogens is 1. The summed E-state index contributed by atoms with van der Waals surface area (Å²) in [7, 11) is 0. The van der Waals surface area contributed by atoms with Crippen LogP contribution in [0.5, 0.6) is 5.75 Å². The molecular formula is C17H26N2O3. The van der Waals surface area contributed by atoms with E-state index in [4.69, 9.17) is 5.11 Å². The number of nitrogens with zero attached hydrogens (tertiary/aromatic N) is 2. The van der Waals surface area contributed by atoms with Gasteiger partial charge in [-0.15, -0.1) is 13.2 Å². The number of pyridine rings is 1. The second kappa shape index (κ2) is 9.97. The third-order valence-electron chi connectivity index (χ3n) is 3.41. The summed E-state index contributed by atoms with van der Waals surface area (Å²) in [6.07, 6.45) is 7.68. The van der Waals surface area contributed by atoms with Crippen molar-refractivity contribution in [3.63, 3.8) is 0 Å². The van der Waals surface area contributed by atoms with E-state index in [1.165, 1.54) is 12.3 Å². The van der Waals surface area contributed by atoms with Gasteiger partial charge in [0.15, 0.2) is 5.75 Å². The molecule has 0 atom stereocenters. The highest BCUT2D eigenvalue weighted by atomic mass is 16.3. The summed E-state index contributed by atoms with van der Waals surface area (Å²) in [5, 5.41) is 18.5. The average Bonchev–Trinajstić information content (AvgIpc) is 2.48. The summed E-state index contributed by atoms with van der Waals surface area (Å²) in [6, 6.07) is 1.49.